The topological polar surface area (TPSA) is 82.7 Å². The van der Waals surface area contributed by atoms with Crippen LogP contribution in [-0.2, 0) is 17.7 Å². The number of likely N-dealkylation sites (tertiary alicyclic amines) is 1. The fourth-order valence-corrected chi connectivity index (χ4v) is 3.80. The molecule has 2 aromatic rings. The fraction of sp³-hybridized carbons (Fsp3) is 0.462. The Balaban J connectivity index is 1.36. The molecule has 1 saturated heterocycles. The molecule has 1 fully saturated rings. The number of nitrogens with one attached hydrogen (secondary N) is 3. The number of amides is 3. The summed E-state index contributed by atoms with van der Waals surface area (Å²) < 4.78 is 32.0. The fourth-order valence-electron chi connectivity index (χ4n) is 3.80. The molecule has 0 bridgehead atoms. The molecule has 0 aromatic heterocycles. The number of benzene rings is 2. The zero-order chi connectivity index (χ0) is 25.4. The molecule has 0 radical (unpaired) electrons. The number of halogens is 2. The van der Waals surface area contributed by atoms with Crippen LogP contribution in [0.4, 0.5) is 24.1 Å². The van der Waals surface area contributed by atoms with Gasteiger partial charge >= 0.3 is 12.1 Å². The highest BCUT2D eigenvalue weighted by molar-refractivity contribution is 5.74. The van der Waals surface area contributed by atoms with Crippen molar-refractivity contribution in [1.82, 2.24) is 15.5 Å². The molecule has 0 saturated carbocycles. The van der Waals surface area contributed by atoms with Crippen molar-refractivity contribution in [1.29, 1.82) is 0 Å². The largest absolute Gasteiger partial charge is 0.444 e. The van der Waals surface area contributed by atoms with Gasteiger partial charge in [0.2, 0.25) is 0 Å². The normalized spacial score (nSPS) is 14.4. The summed E-state index contributed by atoms with van der Waals surface area (Å²) in [6.45, 7) is 7.17. The lowest BCUT2D eigenvalue weighted by Gasteiger charge is -2.33. The van der Waals surface area contributed by atoms with Gasteiger partial charge in [0, 0.05) is 49.5 Å². The molecule has 1 aliphatic rings. The van der Waals surface area contributed by atoms with E-state index in [0.717, 1.165) is 30.2 Å². The number of piperidine rings is 1. The van der Waals surface area contributed by atoms with Crippen molar-refractivity contribution in [2.24, 2.45) is 0 Å². The third-order valence-corrected chi connectivity index (χ3v) is 5.63. The van der Waals surface area contributed by atoms with E-state index in [1.807, 2.05) is 45.0 Å². The second-order valence-corrected chi connectivity index (χ2v) is 9.68. The first-order valence-corrected chi connectivity index (χ1v) is 11.9. The van der Waals surface area contributed by atoms with Crippen LogP contribution in [-0.4, -0.2) is 48.3 Å². The molecule has 0 spiro atoms. The molecule has 0 unspecified atom stereocenters. The number of urea groups is 1. The minimum Gasteiger partial charge on any atom is -0.444 e. The van der Waals surface area contributed by atoms with Gasteiger partial charge in [0.05, 0.1) is 0 Å². The van der Waals surface area contributed by atoms with Crippen LogP contribution in [0.15, 0.2) is 42.5 Å². The number of carbonyl (C=O) groups is 2. The Morgan fingerprint density at radius 2 is 1.71 bits per heavy atom. The van der Waals surface area contributed by atoms with E-state index in [2.05, 4.69) is 16.0 Å². The van der Waals surface area contributed by atoms with Crippen LogP contribution in [0.3, 0.4) is 0 Å². The van der Waals surface area contributed by atoms with E-state index < -0.39 is 23.3 Å². The monoisotopic (exact) mass is 488 g/mol. The standard InChI is InChI=1S/C26H34F2N4O3/c1-26(2,3)35-25(34)29-13-10-18-4-8-21(9-5-18)31-22-11-14-32(15-12-22)24(33)30-17-19-6-7-20(27)16-23(19)28/h4-9,16,22,31H,10-15,17H2,1-3H3,(H,29,34)(H,30,33). The highest BCUT2D eigenvalue weighted by Crippen LogP contribution is 2.18. The average Bonchev–Trinajstić information content (AvgIpc) is 2.79. The summed E-state index contributed by atoms with van der Waals surface area (Å²) in [5.41, 5.74) is 1.85. The maximum atomic E-state index is 13.7. The molecular weight excluding hydrogens is 454 g/mol. The lowest BCUT2D eigenvalue weighted by atomic mass is 10.0. The molecule has 3 N–H and O–H groups in total. The Bertz CT molecular complexity index is 1000. The lowest BCUT2D eigenvalue weighted by Crippen LogP contribution is -2.46. The van der Waals surface area contributed by atoms with E-state index in [1.165, 1.54) is 12.1 Å². The van der Waals surface area contributed by atoms with Crippen LogP contribution in [0.25, 0.3) is 0 Å². The van der Waals surface area contributed by atoms with Gasteiger partial charge in [-0.05, 0) is 63.8 Å². The summed E-state index contributed by atoms with van der Waals surface area (Å²) in [4.78, 5) is 25.8. The number of rotatable bonds is 7. The summed E-state index contributed by atoms with van der Waals surface area (Å²) in [5.74, 6) is -1.31. The first-order chi connectivity index (χ1) is 16.6. The number of ether oxygens (including phenoxy) is 1. The molecule has 1 heterocycles. The number of hydrogen-bond acceptors (Lipinski definition) is 4. The average molecular weight is 489 g/mol. The smallest absolute Gasteiger partial charge is 0.407 e. The Kier molecular flexibility index (Phi) is 8.89. The van der Waals surface area contributed by atoms with E-state index in [-0.39, 0.29) is 24.2 Å². The predicted octanol–water partition coefficient (Wildman–Crippen LogP) is 4.82. The van der Waals surface area contributed by atoms with Gasteiger partial charge in [0.25, 0.3) is 0 Å². The van der Waals surface area contributed by atoms with Gasteiger partial charge < -0.3 is 25.6 Å². The molecule has 190 valence electrons. The van der Waals surface area contributed by atoms with Crippen LogP contribution in [0.5, 0.6) is 0 Å². The van der Waals surface area contributed by atoms with Crippen molar-refractivity contribution in [3.8, 4) is 0 Å². The van der Waals surface area contributed by atoms with E-state index in [0.29, 0.717) is 26.1 Å². The molecule has 9 heteroatoms. The number of nitrogens with zero attached hydrogens (tertiary/aromatic N) is 1. The third-order valence-electron chi connectivity index (χ3n) is 5.63. The van der Waals surface area contributed by atoms with E-state index in [4.69, 9.17) is 4.74 Å². The van der Waals surface area contributed by atoms with Crippen molar-refractivity contribution in [3.05, 3.63) is 65.2 Å². The Morgan fingerprint density at radius 3 is 2.34 bits per heavy atom. The maximum Gasteiger partial charge on any atom is 0.407 e. The highest BCUT2D eigenvalue weighted by atomic mass is 19.1. The number of anilines is 1. The predicted molar refractivity (Wildman–Crippen MR) is 131 cm³/mol. The summed E-state index contributed by atoms with van der Waals surface area (Å²) in [6.07, 6.45) is 1.87. The molecule has 7 nitrogen and oxygen atoms in total. The van der Waals surface area contributed by atoms with Crippen LogP contribution >= 0.6 is 0 Å². The molecule has 0 aliphatic carbocycles. The van der Waals surface area contributed by atoms with Crippen molar-refractivity contribution in [2.75, 3.05) is 25.0 Å². The number of carbonyl (C=O) groups excluding carboxylic acids is 2. The highest BCUT2D eigenvalue weighted by Gasteiger charge is 2.23. The summed E-state index contributed by atoms with van der Waals surface area (Å²) in [5, 5.41) is 8.97. The van der Waals surface area contributed by atoms with E-state index in [9.17, 15) is 18.4 Å². The van der Waals surface area contributed by atoms with Crippen LogP contribution in [0.1, 0.15) is 44.7 Å². The maximum absolute atomic E-state index is 13.7. The minimum atomic E-state index is -0.668. The van der Waals surface area contributed by atoms with Gasteiger partial charge in [-0.3, -0.25) is 0 Å². The van der Waals surface area contributed by atoms with Crippen LogP contribution < -0.4 is 16.0 Å². The van der Waals surface area contributed by atoms with Gasteiger partial charge in [-0.15, -0.1) is 0 Å². The molecule has 2 aromatic carbocycles. The third kappa shape index (κ3) is 8.73. The van der Waals surface area contributed by atoms with Gasteiger partial charge in [-0.25, -0.2) is 18.4 Å². The van der Waals surface area contributed by atoms with Gasteiger partial charge in [-0.2, -0.15) is 0 Å². The molecule has 3 amide bonds. The van der Waals surface area contributed by atoms with E-state index in [1.54, 1.807) is 4.90 Å². The second kappa shape index (κ2) is 11.9. The minimum absolute atomic E-state index is 0.0166. The second-order valence-electron chi connectivity index (χ2n) is 9.68. The van der Waals surface area contributed by atoms with Crippen LogP contribution in [0.2, 0.25) is 0 Å². The first kappa shape index (κ1) is 26.2. The molecule has 1 aliphatic heterocycles. The summed E-state index contributed by atoms with van der Waals surface area (Å²) in [7, 11) is 0. The van der Waals surface area contributed by atoms with Crippen molar-refractivity contribution >= 4 is 17.8 Å². The van der Waals surface area contributed by atoms with Crippen molar-refractivity contribution in [2.45, 2.75) is 58.2 Å². The SMILES string of the molecule is CC(C)(C)OC(=O)NCCc1ccc(NC2CCN(C(=O)NCc3ccc(F)cc3F)CC2)cc1. The molecular formula is C26H34F2N4O3. The number of alkyl carbamates (subject to hydrolysis) is 1. The van der Waals surface area contributed by atoms with Crippen LogP contribution in [0, 0.1) is 11.6 Å². The van der Waals surface area contributed by atoms with Gasteiger partial charge in [-0.1, -0.05) is 18.2 Å². The van der Waals surface area contributed by atoms with Crippen molar-refractivity contribution in [3.63, 3.8) is 0 Å². The Labute approximate surface area is 205 Å². The quantitative estimate of drug-likeness (QED) is 0.522. The van der Waals surface area contributed by atoms with E-state index >= 15 is 0 Å². The lowest BCUT2D eigenvalue weighted by molar-refractivity contribution is 0.0528. The molecule has 3 rings (SSSR count). The molecule has 35 heavy (non-hydrogen) atoms. The summed E-state index contributed by atoms with van der Waals surface area (Å²) >= 11 is 0. The van der Waals surface area contributed by atoms with Gasteiger partial charge in [0.1, 0.15) is 17.2 Å². The van der Waals surface area contributed by atoms with Crippen molar-refractivity contribution < 1.29 is 23.1 Å². The van der Waals surface area contributed by atoms with Gasteiger partial charge in [0.15, 0.2) is 0 Å². The number of hydrogen-bond donors (Lipinski definition) is 3. The Hall–Kier alpha value is -3.36. The zero-order valence-corrected chi connectivity index (χ0v) is 20.5. The zero-order valence-electron chi connectivity index (χ0n) is 20.5. The molecule has 0 atom stereocenters. The Morgan fingerprint density at radius 1 is 1.03 bits per heavy atom. The summed E-state index contributed by atoms with van der Waals surface area (Å²) in [6, 6.07) is 11.4. The first-order valence-electron chi connectivity index (χ1n) is 11.9.